The van der Waals surface area contributed by atoms with Crippen LogP contribution in [-0.2, 0) is 14.8 Å². The standard InChI is InChI=1S/C13H18N2O3S/c1-9-8-11(15-19(5,16)17)6-7-12(9)10(2)13(14-3)18-4/h6-8,15H,3H2,1-2,4-5H3. The van der Waals surface area contributed by atoms with Gasteiger partial charge in [0.1, 0.15) is 0 Å². The highest BCUT2D eigenvalue weighted by molar-refractivity contribution is 7.92. The quantitative estimate of drug-likeness (QED) is 0.666. The predicted octanol–water partition coefficient (Wildman–Crippen LogP) is 2.40. The summed E-state index contributed by atoms with van der Waals surface area (Å²) in [6.07, 6.45) is 1.12. The van der Waals surface area contributed by atoms with Crippen molar-refractivity contribution in [3.05, 3.63) is 35.2 Å². The lowest BCUT2D eigenvalue weighted by atomic mass is 10.0. The molecule has 0 spiro atoms. The first-order chi connectivity index (χ1) is 8.78. The molecule has 0 fully saturated rings. The zero-order valence-electron chi connectivity index (χ0n) is 11.5. The molecule has 0 aromatic heterocycles. The Morgan fingerprint density at radius 1 is 1.42 bits per heavy atom. The third-order valence-corrected chi connectivity index (χ3v) is 3.20. The zero-order valence-corrected chi connectivity index (χ0v) is 12.3. The molecule has 0 saturated carbocycles. The molecule has 0 atom stereocenters. The maximum Gasteiger partial charge on any atom is 0.229 e. The highest BCUT2D eigenvalue weighted by Crippen LogP contribution is 2.25. The second kappa shape index (κ2) is 5.88. The first-order valence-corrected chi connectivity index (χ1v) is 7.48. The Morgan fingerprint density at radius 2 is 2.05 bits per heavy atom. The molecule has 1 aromatic carbocycles. The molecule has 1 rings (SSSR count). The smallest absolute Gasteiger partial charge is 0.229 e. The molecule has 0 bridgehead atoms. The number of aryl methyl sites for hydroxylation is 1. The van der Waals surface area contributed by atoms with Crippen molar-refractivity contribution in [2.24, 2.45) is 4.99 Å². The summed E-state index contributed by atoms with van der Waals surface area (Å²) in [5.74, 6) is 0.451. The molecule has 0 saturated heterocycles. The van der Waals surface area contributed by atoms with E-state index in [9.17, 15) is 8.42 Å². The van der Waals surface area contributed by atoms with Gasteiger partial charge in [-0.05, 0) is 43.8 Å². The van der Waals surface area contributed by atoms with Crippen molar-refractivity contribution in [2.75, 3.05) is 18.1 Å². The molecule has 0 unspecified atom stereocenters. The number of anilines is 1. The fraction of sp³-hybridized carbons (Fsp3) is 0.308. The van der Waals surface area contributed by atoms with Crippen LogP contribution in [0, 0.1) is 6.92 Å². The Morgan fingerprint density at radius 3 is 2.47 bits per heavy atom. The van der Waals surface area contributed by atoms with E-state index < -0.39 is 10.0 Å². The molecule has 19 heavy (non-hydrogen) atoms. The lowest BCUT2D eigenvalue weighted by Crippen LogP contribution is -2.09. The number of hydrogen-bond donors (Lipinski definition) is 1. The predicted molar refractivity (Wildman–Crippen MR) is 78.8 cm³/mol. The van der Waals surface area contributed by atoms with E-state index in [0.29, 0.717) is 11.6 Å². The number of aliphatic imine (C=N–C) groups is 1. The molecule has 0 amide bonds. The van der Waals surface area contributed by atoms with Gasteiger partial charge in [0.05, 0.1) is 13.4 Å². The summed E-state index contributed by atoms with van der Waals surface area (Å²) < 4.78 is 29.9. The maximum atomic E-state index is 11.2. The monoisotopic (exact) mass is 282 g/mol. The van der Waals surface area contributed by atoms with Gasteiger partial charge < -0.3 is 4.74 Å². The van der Waals surface area contributed by atoms with Gasteiger partial charge in [0.15, 0.2) is 0 Å². The molecule has 5 nitrogen and oxygen atoms in total. The van der Waals surface area contributed by atoms with E-state index in [-0.39, 0.29) is 0 Å². The van der Waals surface area contributed by atoms with E-state index in [1.165, 1.54) is 7.11 Å². The lowest BCUT2D eigenvalue weighted by Gasteiger charge is -2.11. The van der Waals surface area contributed by atoms with Crippen LogP contribution >= 0.6 is 0 Å². The molecule has 0 aliphatic rings. The molecular formula is C13H18N2O3S. The third-order valence-electron chi connectivity index (χ3n) is 2.59. The van der Waals surface area contributed by atoms with Crippen molar-refractivity contribution in [1.82, 2.24) is 0 Å². The molecule has 0 aliphatic carbocycles. The lowest BCUT2D eigenvalue weighted by molar-refractivity contribution is 0.291. The molecule has 0 aliphatic heterocycles. The number of rotatable bonds is 5. The van der Waals surface area contributed by atoms with Crippen molar-refractivity contribution >= 4 is 28.0 Å². The minimum absolute atomic E-state index is 0.451. The highest BCUT2D eigenvalue weighted by Gasteiger charge is 2.09. The molecule has 0 radical (unpaired) electrons. The number of nitrogens with zero attached hydrogens (tertiary/aromatic N) is 1. The Bertz CT molecular complexity index is 619. The average molecular weight is 282 g/mol. The van der Waals surface area contributed by atoms with Crippen LogP contribution in [-0.4, -0.2) is 28.5 Å². The van der Waals surface area contributed by atoms with Crippen molar-refractivity contribution in [1.29, 1.82) is 0 Å². The average Bonchev–Trinajstić information content (AvgIpc) is 2.28. The number of nitrogens with one attached hydrogen (secondary N) is 1. The van der Waals surface area contributed by atoms with Crippen LogP contribution in [0.1, 0.15) is 18.1 Å². The first kappa shape index (κ1) is 15.2. The van der Waals surface area contributed by atoms with E-state index in [1.807, 2.05) is 19.9 Å². The van der Waals surface area contributed by atoms with Crippen LogP contribution in [0.15, 0.2) is 29.1 Å². The van der Waals surface area contributed by atoms with Crippen LogP contribution in [0.5, 0.6) is 0 Å². The van der Waals surface area contributed by atoms with E-state index in [0.717, 1.165) is 23.0 Å². The first-order valence-electron chi connectivity index (χ1n) is 5.59. The van der Waals surface area contributed by atoms with Crippen molar-refractivity contribution in [3.63, 3.8) is 0 Å². The van der Waals surface area contributed by atoms with Gasteiger partial charge in [-0.2, -0.15) is 0 Å². The minimum atomic E-state index is -3.27. The van der Waals surface area contributed by atoms with E-state index in [1.54, 1.807) is 12.1 Å². The van der Waals surface area contributed by atoms with Crippen LogP contribution in [0.4, 0.5) is 5.69 Å². The van der Waals surface area contributed by atoms with Gasteiger partial charge in [0.2, 0.25) is 15.9 Å². The summed E-state index contributed by atoms with van der Waals surface area (Å²) >= 11 is 0. The van der Waals surface area contributed by atoms with Crippen LogP contribution in [0.3, 0.4) is 0 Å². The number of hydrogen-bond acceptors (Lipinski definition) is 4. The molecule has 1 N–H and O–H groups in total. The third kappa shape index (κ3) is 4.10. The largest absolute Gasteiger partial charge is 0.481 e. The number of benzene rings is 1. The Kier molecular flexibility index (Phi) is 4.72. The second-order valence-corrected chi connectivity index (χ2v) is 5.94. The van der Waals surface area contributed by atoms with Gasteiger partial charge in [-0.3, -0.25) is 4.72 Å². The Labute approximate surface area is 114 Å². The zero-order chi connectivity index (χ0) is 14.6. The molecular weight excluding hydrogens is 264 g/mol. The van der Waals surface area contributed by atoms with Gasteiger partial charge >= 0.3 is 0 Å². The summed E-state index contributed by atoms with van der Waals surface area (Å²) in [6.45, 7) is 7.22. The van der Waals surface area contributed by atoms with Crippen molar-refractivity contribution < 1.29 is 13.2 Å². The number of allylic oxidation sites excluding steroid dienone is 1. The van der Waals surface area contributed by atoms with Gasteiger partial charge in [0, 0.05) is 11.3 Å². The normalized spacial score (nSPS) is 12.6. The maximum absolute atomic E-state index is 11.2. The van der Waals surface area contributed by atoms with Gasteiger partial charge in [-0.25, -0.2) is 13.4 Å². The number of sulfonamides is 1. The number of methoxy groups -OCH3 is 1. The van der Waals surface area contributed by atoms with Crippen LogP contribution < -0.4 is 4.72 Å². The summed E-state index contributed by atoms with van der Waals surface area (Å²) in [6, 6.07) is 5.28. The van der Waals surface area contributed by atoms with Gasteiger partial charge in [-0.1, -0.05) is 6.07 Å². The molecule has 1 aromatic rings. The Hall–Kier alpha value is -1.82. The summed E-state index contributed by atoms with van der Waals surface area (Å²) in [5, 5.41) is 0. The van der Waals surface area contributed by atoms with E-state index >= 15 is 0 Å². The van der Waals surface area contributed by atoms with Crippen LogP contribution in [0.25, 0.3) is 5.57 Å². The van der Waals surface area contributed by atoms with Crippen molar-refractivity contribution in [2.45, 2.75) is 13.8 Å². The minimum Gasteiger partial charge on any atom is -0.481 e. The SMILES string of the molecule is C=NC(OC)=C(C)c1ccc(NS(C)(=O)=O)cc1C. The number of ether oxygens (including phenoxy) is 1. The Balaban J connectivity index is 3.21. The topological polar surface area (TPSA) is 67.8 Å². The van der Waals surface area contributed by atoms with Crippen LogP contribution in [0.2, 0.25) is 0 Å². The van der Waals surface area contributed by atoms with E-state index in [4.69, 9.17) is 4.74 Å². The fourth-order valence-electron chi connectivity index (χ4n) is 1.81. The molecule has 104 valence electrons. The fourth-order valence-corrected chi connectivity index (χ4v) is 2.37. The van der Waals surface area contributed by atoms with Gasteiger partial charge in [0.25, 0.3) is 0 Å². The van der Waals surface area contributed by atoms with Crippen molar-refractivity contribution in [3.8, 4) is 0 Å². The summed E-state index contributed by atoms with van der Waals surface area (Å²) in [7, 11) is -1.74. The highest BCUT2D eigenvalue weighted by atomic mass is 32.2. The summed E-state index contributed by atoms with van der Waals surface area (Å²) in [4.78, 5) is 3.80. The summed E-state index contributed by atoms with van der Waals surface area (Å²) in [5.41, 5.74) is 3.23. The van der Waals surface area contributed by atoms with Gasteiger partial charge in [-0.15, -0.1) is 0 Å². The van der Waals surface area contributed by atoms with E-state index in [2.05, 4.69) is 16.4 Å². The molecule has 6 heteroatoms. The molecule has 0 heterocycles. The second-order valence-electron chi connectivity index (χ2n) is 4.20.